The fourth-order valence-corrected chi connectivity index (χ4v) is 2.99. The Morgan fingerprint density at radius 1 is 1.27 bits per heavy atom. The van der Waals surface area contributed by atoms with Crippen molar-refractivity contribution in [2.75, 3.05) is 32.8 Å². The van der Waals surface area contributed by atoms with Crippen molar-refractivity contribution in [1.29, 1.82) is 0 Å². The smallest absolute Gasteiger partial charge is 0.0434 e. The molecule has 2 N–H and O–H groups in total. The number of rotatable bonds is 3. The minimum atomic E-state index is 0.363. The Hall–Kier alpha value is -0.120. The zero-order chi connectivity index (χ0) is 10.5. The monoisotopic (exact) mass is 212 g/mol. The number of nitrogens with zero attached hydrogens (tertiary/aromatic N) is 1. The third kappa shape index (κ3) is 3.16. The van der Waals surface area contributed by atoms with Gasteiger partial charge in [-0.15, -0.1) is 0 Å². The van der Waals surface area contributed by atoms with E-state index in [9.17, 15) is 0 Å². The minimum Gasteiger partial charge on any atom is -0.396 e. The van der Waals surface area contributed by atoms with Gasteiger partial charge in [0, 0.05) is 25.7 Å². The van der Waals surface area contributed by atoms with E-state index in [1.165, 1.54) is 51.9 Å². The van der Waals surface area contributed by atoms with Gasteiger partial charge in [-0.2, -0.15) is 0 Å². The van der Waals surface area contributed by atoms with Crippen molar-refractivity contribution in [3.05, 3.63) is 0 Å². The average Bonchev–Trinajstić information content (AvgIpc) is 2.31. The van der Waals surface area contributed by atoms with Crippen molar-refractivity contribution in [3.8, 4) is 0 Å². The van der Waals surface area contributed by atoms with Gasteiger partial charge >= 0.3 is 0 Å². The van der Waals surface area contributed by atoms with Crippen molar-refractivity contribution in [2.24, 2.45) is 5.92 Å². The first-order chi connectivity index (χ1) is 7.40. The van der Waals surface area contributed by atoms with E-state index in [1.54, 1.807) is 0 Å². The molecule has 0 spiro atoms. The Labute approximate surface area is 92.8 Å². The topological polar surface area (TPSA) is 35.5 Å². The summed E-state index contributed by atoms with van der Waals surface area (Å²) in [6.45, 7) is 5.22. The van der Waals surface area contributed by atoms with E-state index in [2.05, 4.69) is 10.2 Å². The van der Waals surface area contributed by atoms with Crippen molar-refractivity contribution in [3.63, 3.8) is 0 Å². The SMILES string of the molecule is OCCC1CCCN(C2CCCNC2)C1. The number of hydrogen-bond acceptors (Lipinski definition) is 3. The minimum absolute atomic E-state index is 0.363. The number of piperidine rings is 2. The summed E-state index contributed by atoms with van der Waals surface area (Å²) >= 11 is 0. The van der Waals surface area contributed by atoms with Crippen LogP contribution in [0.2, 0.25) is 0 Å². The van der Waals surface area contributed by atoms with Crippen LogP contribution in [0.5, 0.6) is 0 Å². The van der Waals surface area contributed by atoms with E-state index in [4.69, 9.17) is 5.11 Å². The van der Waals surface area contributed by atoms with Crippen LogP contribution in [0, 0.1) is 5.92 Å². The highest BCUT2D eigenvalue weighted by molar-refractivity contribution is 4.82. The van der Waals surface area contributed by atoms with Crippen molar-refractivity contribution < 1.29 is 5.11 Å². The molecule has 2 aliphatic heterocycles. The Morgan fingerprint density at radius 3 is 2.93 bits per heavy atom. The third-order valence-corrected chi connectivity index (χ3v) is 3.88. The van der Waals surface area contributed by atoms with Gasteiger partial charge in [-0.05, 0) is 51.1 Å². The molecule has 0 bridgehead atoms. The maximum absolute atomic E-state index is 8.98. The highest BCUT2D eigenvalue weighted by Crippen LogP contribution is 2.23. The molecule has 0 aromatic rings. The van der Waals surface area contributed by atoms with E-state index in [-0.39, 0.29) is 0 Å². The third-order valence-electron chi connectivity index (χ3n) is 3.88. The van der Waals surface area contributed by atoms with Gasteiger partial charge in [0.2, 0.25) is 0 Å². The number of nitrogens with one attached hydrogen (secondary N) is 1. The molecule has 0 radical (unpaired) electrons. The molecule has 0 amide bonds. The maximum Gasteiger partial charge on any atom is 0.0434 e. The van der Waals surface area contributed by atoms with Gasteiger partial charge in [-0.3, -0.25) is 4.90 Å². The van der Waals surface area contributed by atoms with Gasteiger partial charge < -0.3 is 10.4 Å². The van der Waals surface area contributed by atoms with E-state index in [0.29, 0.717) is 6.61 Å². The molecule has 2 fully saturated rings. The van der Waals surface area contributed by atoms with Crippen LogP contribution >= 0.6 is 0 Å². The predicted molar refractivity (Wildman–Crippen MR) is 61.9 cm³/mol. The van der Waals surface area contributed by atoms with E-state index in [0.717, 1.165) is 18.4 Å². The quantitative estimate of drug-likeness (QED) is 0.727. The molecule has 2 unspecified atom stereocenters. The molecule has 2 rings (SSSR count). The zero-order valence-electron chi connectivity index (χ0n) is 9.62. The fourth-order valence-electron chi connectivity index (χ4n) is 2.99. The summed E-state index contributed by atoms with van der Waals surface area (Å²) in [5, 5.41) is 12.5. The first-order valence-electron chi connectivity index (χ1n) is 6.46. The van der Waals surface area contributed by atoms with Crippen molar-refractivity contribution in [1.82, 2.24) is 10.2 Å². The molecule has 3 heteroatoms. The van der Waals surface area contributed by atoms with Crippen molar-refractivity contribution in [2.45, 2.75) is 38.1 Å². The lowest BCUT2D eigenvalue weighted by atomic mass is 9.92. The normalized spacial score (nSPS) is 34.2. The van der Waals surface area contributed by atoms with Gasteiger partial charge in [0.15, 0.2) is 0 Å². The lowest BCUT2D eigenvalue weighted by Gasteiger charge is -2.40. The molecule has 15 heavy (non-hydrogen) atoms. The summed E-state index contributed by atoms with van der Waals surface area (Å²) in [4.78, 5) is 2.65. The lowest BCUT2D eigenvalue weighted by Crippen LogP contribution is -2.49. The summed E-state index contributed by atoms with van der Waals surface area (Å²) < 4.78 is 0. The van der Waals surface area contributed by atoms with Gasteiger partial charge in [0.25, 0.3) is 0 Å². The summed E-state index contributed by atoms with van der Waals surface area (Å²) in [7, 11) is 0. The standard InChI is InChI=1S/C12H24N2O/c15-8-5-11-3-2-7-14(10-11)12-4-1-6-13-9-12/h11-13,15H,1-10H2. The van der Waals surface area contributed by atoms with Gasteiger partial charge in [-0.25, -0.2) is 0 Å². The summed E-state index contributed by atoms with van der Waals surface area (Å²) in [6, 6.07) is 0.764. The van der Waals surface area contributed by atoms with Gasteiger partial charge in [0.05, 0.1) is 0 Å². The molecule has 2 saturated heterocycles. The number of aliphatic hydroxyl groups is 1. The van der Waals surface area contributed by atoms with Crippen LogP contribution in [-0.2, 0) is 0 Å². The number of hydrogen-bond donors (Lipinski definition) is 2. The second-order valence-electron chi connectivity index (χ2n) is 5.02. The van der Waals surface area contributed by atoms with Crippen LogP contribution in [0.3, 0.4) is 0 Å². The van der Waals surface area contributed by atoms with E-state index in [1.807, 2.05) is 0 Å². The molecule has 88 valence electrons. The summed E-state index contributed by atoms with van der Waals surface area (Å²) in [5.41, 5.74) is 0. The second kappa shape index (κ2) is 5.83. The Bertz CT molecular complexity index is 178. The largest absolute Gasteiger partial charge is 0.396 e. The molecular formula is C12H24N2O. The molecule has 3 nitrogen and oxygen atoms in total. The number of likely N-dealkylation sites (tertiary alicyclic amines) is 1. The van der Waals surface area contributed by atoms with Crippen LogP contribution in [0.15, 0.2) is 0 Å². The first kappa shape index (κ1) is 11.4. The lowest BCUT2D eigenvalue weighted by molar-refractivity contribution is 0.0936. The highest BCUT2D eigenvalue weighted by Gasteiger charge is 2.26. The Kier molecular flexibility index (Phi) is 4.42. The van der Waals surface area contributed by atoms with Crippen LogP contribution in [0.1, 0.15) is 32.1 Å². The molecule has 0 aromatic heterocycles. The molecule has 0 aromatic carbocycles. The second-order valence-corrected chi connectivity index (χ2v) is 5.02. The predicted octanol–water partition coefficient (Wildman–Crippen LogP) is 0.833. The molecular weight excluding hydrogens is 188 g/mol. The Morgan fingerprint density at radius 2 is 2.20 bits per heavy atom. The molecule has 2 heterocycles. The maximum atomic E-state index is 8.98. The van der Waals surface area contributed by atoms with E-state index < -0.39 is 0 Å². The van der Waals surface area contributed by atoms with Crippen LogP contribution in [0.4, 0.5) is 0 Å². The fraction of sp³-hybridized carbons (Fsp3) is 1.00. The summed E-state index contributed by atoms with van der Waals surface area (Å²) in [6.07, 6.45) is 6.32. The average molecular weight is 212 g/mol. The van der Waals surface area contributed by atoms with Gasteiger partial charge in [0.1, 0.15) is 0 Å². The summed E-state index contributed by atoms with van der Waals surface area (Å²) in [5.74, 6) is 0.741. The number of aliphatic hydroxyl groups excluding tert-OH is 1. The van der Waals surface area contributed by atoms with Crippen LogP contribution in [-0.4, -0.2) is 48.8 Å². The van der Waals surface area contributed by atoms with E-state index >= 15 is 0 Å². The molecule has 2 aliphatic rings. The molecule has 2 atom stereocenters. The first-order valence-corrected chi connectivity index (χ1v) is 6.46. The molecule has 0 aliphatic carbocycles. The zero-order valence-corrected chi connectivity index (χ0v) is 9.62. The van der Waals surface area contributed by atoms with Gasteiger partial charge in [-0.1, -0.05) is 0 Å². The Balaban J connectivity index is 1.80. The van der Waals surface area contributed by atoms with Crippen LogP contribution in [0.25, 0.3) is 0 Å². The van der Waals surface area contributed by atoms with Crippen LogP contribution < -0.4 is 5.32 Å². The van der Waals surface area contributed by atoms with Crippen molar-refractivity contribution >= 4 is 0 Å². The molecule has 0 saturated carbocycles. The highest BCUT2D eigenvalue weighted by atomic mass is 16.3.